The van der Waals surface area contributed by atoms with Gasteiger partial charge in [0.2, 0.25) is 0 Å². The van der Waals surface area contributed by atoms with Crippen LogP contribution in [0.5, 0.6) is 0 Å². The van der Waals surface area contributed by atoms with Gasteiger partial charge in [0.25, 0.3) is 0 Å². The standard InChI is InChI=1S/C18H24N2O/c21-18(17-13-19-11-7-14(17)8-12-19)15-3-5-16(6-4-15)20-9-1-2-10-20/h3-6,14,17H,1-2,7-13H2. The van der Waals surface area contributed by atoms with Gasteiger partial charge in [-0.1, -0.05) is 0 Å². The topological polar surface area (TPSA) is 23.6 Å². The zero-order chi connectivity index (χ0) is 14.2. The molecule has 4 saturated heterocycles. The molecule has 0 amide bonds. The summed E-state index contributed by atoms with van der Waals surface area (Å²) in [6.07, 6.45) is 5.01. The van der Waals surface area contributed by atoms with Gasteiger partial charge in [-0.3, -0.25) is 4.79 Å². The van der Waals surface area contributed by atoms with Crippen molar-refractivity contribution in [2.45, 2.75) is 25.7 Å². The van der Waals surface area contributed by atoms with Crippen LogP contribution in [-0.4, -0.2) is 43.4 Å². The summed E-state index contributed by atoms with van der Waals surface area (Å²) in [6.45, 7) is 5.70. The highest BCUT2D eigenvalue weighted by Crippen LogP contribution is 2.34. The Labute approximate surface area is 126 Å². The van der Waals surface area contributed by atoms with Crippen molar-refractivity contribution in [3.63, 3.8) is 0 Å². The molecule has 1 aromatic rings. The van der Waals surface area contributed by atoms with Crippen LogP contribution in [0.2, 0.25) is 0 Å². The van der Waals surface area contributed by atoms with E-state index in [9.17, 15) is 4.79 Å². The molecule has 0 spiro atoms. The van der Waals surface area contributed by atoms with Gasteiger partial charge in [0.15, 0.2) is 5.78 Å². The molecular formula is C18H24N2O. The number of anilines is 1. The van der Waals surface area contributed by atoms with Crippen LogP contribution in [0.3, 0.4) is 0 Å². The van der Waals surface area contributed by atoms with Gasteiger partial charge in [-0.05, 0) is 69.0 Å². The lowest BCUT2D eigenvalue weighted by atomic mass is 9.75. The molecule has 4 aliphatic rings. The predicted molar refractivity (Wildman–Crippen MR) is 84.9 cm³/mol. The molecule has 0 N–H and O–H groups in total. The minimum Gasteiger partial charge on any atom is -0.372 e. The van der Waals surface area contributed by atoms with Gasteiger partial charge in [-0.25, -0.2) is 0 Å². The van der Waals surface area contributed by atoms with Crippen molar-refractivity contribution in [2.75, 3.05) is 37.6 Å². The van der Waals surface area contributed by atoms with Gasteiger partial charge in [0.1, 0.15) is 0 Å². The quantitative estimate of drug-likeness (QED) is 0.797. The molecule has 4 heterocycles. The highest BCUT2D eigenvalue weighted by molar-refractivity contribution is 5.98. The number of ketones is 1. The molecule has 3 heteroatoms. The summed E-state index contributed by atoms with van der Waals surface area (Å²) < 4.78 is 0. The van der Waals surface area contributed by atoms with Crippen molar-refractivity contribution in [1.29, 1.82) is 0 Å². The number of fused-ring (bicyclic) bond motifs is 3. The third kappa shape index (κ3) is 2.48. The second kappa shape index (κ2) is 5.45. The molecule has 1 aromatic carbocycles. The second-order valence-corrected chi connectivity index (χ2v) is 6.85. The van der Waals surface area contributed by atoms with Gasteiger partial charge in [-0.15, -0.1) is 0 Å². The predicted octanol–water partition coefficient (Wildman–Crippen LogP) is 2.81. The first-order chi connectivity index (χ1) is 10.3. The van der Waals surface area contributed by atoms with Crippen molar-refractivity contribution < 1.29 is 4.79 Å². The van der Waals surface area contributed by atoms with E-state index >= 15 is 0 Å². The monoisotopic (exact) mass is 284 g/mol. The van der Waals surface area contributed by atoms with Crippen LogP contribution >= 0.6 is 0 Å². The Morgan fingerprint density at radius 3 is 2.19 bits per heavy atom. The number of Topliss-reactive ketones (excluding diaryl/α,β-unsaturated/α-hetero) is 1. The Morgan fingerprint density at radius 2 is 1.62 bits per heavy atom. The summed E-state index contributed by atoms with van der Waals surface area (Å²) >= 11 is 0. The van der Waals surface area contributed by atoms with E-state index in [1.807, 2.05) is 12.1 Å². The molecule has 1 unspecified atom stereocenters. The van der Waals surface area contributed by atoms with Crippen molar-refractivity contribution in [1.82, 2.24) is 4.90 Å². The fraction of sp³-hybridized carbons (Fsp3) is 0.611. The molecular weight excluding hydrogens is 260 g/mol. The average Bonchev–Trinajstić information content (AvgIpc) is 3.10. The molecule has 4 aliphatic heterocycles. The fourth-order valence-electron chi connectivity index (χ4n) is 4.29. The molecule has 1 atom stereocenters. The SMILES string of the molecule is O=C(c1ccc(N2CCCC2)cc1)C1CN2CCC1CC2. The maximum atomic E-state index is 12.8. The first-order valence-corrected chi connectivity index (χ1v) is 8.43. The first-order valence-electron chi connectivity index (χ1n) is 8.43. The molecule has 0 saturated carbocycles. The van der Waals surface area contributed by atoms with Crippen molar-refractivity contribution in [3.05, 3.63) is 29.8 Å². The van der Waals surface area contributed by atoms with Gasteiger partial charge in [0, 0.05) is 36.8 Å². The molecule has 2 bridgehead atoms. The van der Waals surface area contributed by atoms with E-state index in [-0.39, 0.29) is 5.92 Å². The van der Waals surface area contributed by atoms with Gasteiger partial charge in [0.05, 0.1) is 0 Å². The van der Waals surface area contributed by atoms with Crippen LogP contribution in [0.25, 0.3) is 0 Å². The van der Waals surface area contributed by atoms with Crippen LogP contribution in [0, 0.1) is 11.8 Å². The van der Waals surface area contributed by atoms with Crippen LogP contribution in [0.1, 0.15) is 36.0 Å². The minimum absolute atomic E-state index is 0.241. The molecule has 0 aromatic heterocycles. The summed E-state index contributed by atoms with van der Waals surface area (Å²) in [6, 6.07) is 8.38. The molecule has 3 nitrogen and oxygen atoms in total. The normalized spacial score (nSPS) is 31.6. The van der Waals surface area contributed by atoms with E-state index in [0.717, 1.165) is 25.2 Å². The molecule has 112 valence electrons. The van der Waals surface area contributed by atoms with Crippen molar-refractivity contribution in [3.8, 4) is 0 Å². The minimum atomic E-state index is 0.241. The Morgan fingerprint density at radius 1 is 0.952 bits per heavy atom. The third-order valence-electron chi connectivity index (χ3n) is 5.62. The van der Waals surface area contributed by atoms with Gasteiger partial charge in [-0.2, -0.15) is 0 Å². The highest BCUT2D eigenvalue weighted by atomic mass is 16.1. The lowest BCUT2D eigenvalue weighted by molar-refractivity contribution is 0.0419. The third-order valence-corrected chi connectivity index (χ3v) is 5.62. The number of hydrogen-bond donors (Lipinski definition) is 0. The lowest BCUT2D eigenvalue weighted by Crippen LogP contribution is -2.50. The fourth-order valence-corrected chi connectivity index (χ4v) is 4.29. The largest absolute Gasteiger partial charge is 0.372 e. The van der Waals surface area contributed by atoms with E-state index < -0.39 is 0 Å². The number of rotatable bonds is 3. The summed E-state index contributed by atoms with van der Waals surface area (Å²) in [5.74, 6) is 1.24. The van der Waals surface area contributed by atoms with Crippen LogP contribution in [-0.2, 0) is 0 Å². The van der Waals surface area contributed by atoms with E-state index in [1.54, 1.807) is 0 Å². The number of hydrogen-bond acceptors (Lipinski definition) is 3. The summed E-state index contributed by atoms with van der Waals surface area (Å²) in [7, 11) is 0. The summed E-state index contributed by atoms with van der Waals surface area (Å²) in [4.78, 5) is 17.7. The molecule has 0 radical (unpaired) electrons. The molecule has 0 aliphatic carbocycles. The van der Waals surface area contributed by atoms with Gasteiger partial charge >= 0.3 is 0 Å². The first kappa shape index (κ1) is 13.3. The number of piperidine rings is 3. The Kier molecular flexibility index (Phi) is 3.46. The smallest absolute Gasteiger partial charge is 0.167 e. The maximum absolute atomic E-state index is 12.8. The zero-order valence-corrected chi connectivity index (χ0v) is 12.6. The molecule has 4 fully saturated rings. The zero-order valence-electron chi connectivity index (χ0n) is 12.6. The lowest BCUT2D eigenvalue weighted by Gasteiger charge is -2.44. The van der Waals surface area contributed by atoms with Crippen LogP contribution < -0.4 is 4.90 Å². The van der Waals surface area contributed by atoms with Crippen LogP contribution in [0.15, 0.2) is 24.3 Å². The number of benzene rings is 1. The number of nitrogens with zero attached hydrogens (tertiary/aromatic N) is 2. The average molecular weight is 284 g/mol. The Bertz CT molecular complexity index is 511. The van der Waals surface area contributed by atoms with Crippen molar-refractivity contribution in [2.24, 2.45) is 11.8 Å². The van der Waals surface area contributed by atoms with E-state index in [4.69, 9.17) is 0 Å². The molecule has 21 heavy (non-hydrogen) atoms. The number of carbonyl (C=O) groups is 1. The Balaban J connectivity index is 1.49. The van der Waals surface area contributed by atoms with E-state index in [1.165, 1.54) is 44.5 Å². The summed E-state index contributed by atoms with van der Waals surface area (Å²) in [5.41, 5.74) is 2.19. The summed E-state index contributed by atoms with van der Waals surface area (Å²) in [5, 5.41) is 0. The van der Waals surface area contributed by atoms with E-state index in [0.29, 0.717) is 11.7 Å². The Hall–Kier alpha value is -1.35. The highest BCUT2D eigenvalue weighted by Gasteiger charge is 2.38. The second-order valence-electron chi connectivity index (χ2n) is 6.85. The number of carbonyl (C=O) groups excluding carboxylic acids is 1. The molecule has 5 rings (SSSR count). The van der Waals surface area contributed by atoms with E-state index in [2.05, 4.69) is 21.9 Å². The van der Waals surface area contributed by atoms with Crippen molar-refractivity contribution >= 4 is 11.5 Å². The van der Waals surface area contributed by atoms with Gasteiger partial charge < -0.3 is 9.80 Å². The maximum Gasteiger partial charge on any atom is 0.167 e. The van der Waals surface area contributed by atoms with Crippen LogP contribution in [0.4, 0.5) is 5.69 Å².